The number of hydrogen-bond donors (Lipinski definition) is 0. The van der Waals surface area contributed by atoms with E-state index in [0.717, 1.165) is 29.1 Å². The van der Waals surface area contributed by atoms with Crippen LogP contribution in [0.4, 0.5) is 0 Å². The van der Waals surface area contributed by atoms with E-state index in [1.165, 1.54) is 5.56 Å². The Labute approximate surface area is 135 Å². The van der Waals surface area contributed by atoms with Gasteiger partial charge >= 0.3 is 0 Å². The van der Waals surface area contributed by atoms with E-state index in [1.54, 1.807) is 7.11 Å². The van der Waals surface area contributed by atoms with Gasteiger partial charge in [-0.1, -0.05) is 36.4 Å². The van der Waals surface area contributed by atoms with Gasteiger partial charge in [0, 0.05) is 12.1 Å². The van der Waals surface area contributed by atoms with E-state index < -0.39 is 0 Å². The summed E-state index contributed by atoms with van der Waals surface area (Å²) in [5.74, 6) is 1.40. The highest BCUT2D eigenvalue weighted by molar-refractivity contribution is 6.17. The first kappa shape index (κ1) is 14.7. The molecule has 1 heterocycles. The molecule has 1 aromatic heterocycles. The van der Waals surface area contributed by atoms with Crippen molar-refractivity contribution in [1.82, 2.24) is 9.78 Å². The van der Waals surface area contributed by atoms with Gasteiger partial charge in [-0.2, -0.15) is 5.10 Å². The number of hydrogen-bond acceptors (Lipinski definition) is 2. The maximum Gasteiger partial charge on any atom is 0.118 e. The number of methoxy groups -OCH3 is 1. The Morgan fingerprint density at radius 1 is 0.955 bits per heavy atom. The molecule has 0 bridgehead atoms. The highest BCUT2D eigenvalue weighted by Crippen LogP contribution is 2.21. The van der Waals surface area contributed by atoms with Crippen LogP contribution in [-0.4, -0.2) is 16.9 Å². The minimum atomic E-state index is 0.533. The first-order valence-electron chi connectivity index (χ1n) is 7.10. The molecule has 112 valence electrons. The standard InChI is InChI=1S/C18H17ClN2O/c1-22-17-8-4-15(5-9-17)13-21-18(10-11-20-21)16-6-2-14(12-19)3-7-16/h2-11H,12-13H2,1H3. The number of alkyl halides is 1. The maximum atomic E-state index is 5.84. The van der Waals surface area contributed by atoms with Crippen molar-refractivity contribution in [2.24, 2.45) is 0 Å². The van der Waals surface area contributed by atoms with E-state index in [0.29, 0.717) is 5.88 Å². The molecule has 0 radical (unpaired) electrons. The van der Waals surface area contributed by atoms with Crippen LogP contribution in [0.1, 0.15) is 11.1 Å². The van der Waals surface area contributed by atoms with Gasteiger partial charge in [0.25, 0.3) is 0 Å². The zero-order valence-electron chi connectivity index (χ0n) is 12.4. The van der Waals surface area contributed by atoms with Crippen LogP contribution >= 0.6 is 11.6 Å². The summed E-state index contributed by atoms with van der Waals surface area (Å²) in [5.41, 5.74) is 4.53. The molecule has 0 unspecified atom stereocenters. The maximum absolute atomic E-state index is 5.84. The summed E-state index contributed by atoms with van der Waals surface area (Å²) in [4.78, 5) is 0. The van der Waals surface area contributed by atoms with Gasteiger partial charge in [-0.15, -0.1) is 11.6 Å². The molecule has 0 fully saturated rings. The molecule has 3 nitrogen and oxygen atoms in total. The molecule has 2 aromatic carbocycles. The number of halogens is 1. The molecule has 0 aliphatic rings. The summed E-state index contributed by atoms with van der Waals surface area (Å²) < 4.78 is 7.18. The lowest BCUT2D eigenvalue weighted by molar-refractivity contribution is 0.414. The summed E-state index contributed by atoms with van der Waals surface area (Å²) >= 11 is 5.84. The SMILES string of the molecule is COc1ccc(Cn2nccc2-c2ccc(CCl)cc2)cc1. The van der Waals surface area contributed by atoms with Crippen molar-refractivity contribution in [3.05, 3.63) is 71.9 Å². The number of benzene rings is 2. The fourth-order valence-corrected chi connectivity index (χ4v) is 2.55. The van der Waals surface area contributed by atoms with Crippen LogP contribution in [0, 0.1) is 0 Å². The van der Waals surface area contributed by atoms with Gasteiger partial charge in [0.15, 0.2) is 0 Å². The lowest BCUT2D eigenvalue weighted by Crippen LogP contribution is -2.03. The van der Waals surface area contributed by atoms with Crippen molar-refractivity contribution in [2.45, 2.75) is 12.4 Å². The van der Waals surface area contributed by atoms with Gasteiger partial charge in [-0.05, 0) is 34.9 Å². The Bertz CT molecular complexity index is 733. The molecule has 3 aromatic rings. The molecule has 4 heteroatoms. The summed E-state index contributed by atoms with van der Waals surface area (Å²) in [6, 6.07) is 18.3. The van der Waals surface area contributed by atoms with E-state index in [4.69, 9.17) is 16.3 Å². The number of rotatable bonds is 5. The largest absolute Gasteiger partial charge is 0.497 e. The molecular formula is C18H17ClN2O. The third kappa shape index (κ3) is 3.15. The Balaban J connectivity index is 1.84. The van der Waals surface area contributed by atoms with Gasteiger partial charge in [0.1, 0.15) is 5.75 Å². The molecule has 0 saturated heterocycles. The van der Waals surface area contributed by atoms with Crippen molar-refractivity contribution < 1.29 is 4.74 Å². The fraction of sp³-hybridized carbons (Fsp3) is 0.167. The van der Waals surface area contributed by atoms with Gasteiger partial charge in [-0.3, -0.25) is 4.68 Å². The highest BCUT2D eigenvalue weighted by atomic mass is 35.5. The Morgan fingerprint density at radius 3 is 2.27 bits per heavy atom. The Kier molecular flexibility index (Phi) is 4.45. The second-order valence-electron chi connectivity index (χ2n) is 5.05. The highest BCUT2D eigenvalue weighted by Gasteiger charge is 2.06. The monoisotopic (exact) mass is 312 g/mol. The van der Waals surface area contributed by atoms with Crippen LogP contribution in [0.15, 0.2) is 60.8 Å². The topological polar surface area (TPSA) is 27.1 Å². The normalized spacial score (nSPS) is 10.6. The smallest absolute Gasteiger partial charge is 0.118 e. The van der Waals surface area contributed by atoms with E-state index in [-0.39, 0.29) is 0 Å². The molecule has 0 saturated carbocycles. The molecular weight excluding hydrogens is 296 g/mol. The van der Waals surface area contributed by atoms with E-state index in [1.807, 2.05) is 41.2 Å². The average molecular weight is 313 g/mol. The van der Waals surface area contributed by atoms with Gasteiger partial charge in [-0.25, -0.2) is 0 Å². The first-order valence-corrected chi connectivity index (χ1v) is 7.63. The average Bonchev–Trinajstić information content (AvgIpc) is 3.04. The van der Waals surface area contributed by atoms with Crippen LogP contribution in [0.25, 0.3) is 11.3 Å². The second-order valence-corrected chi connectivity index (χ2v) is 5.32. The molecule has 0 atom stereocenters. The molecule has 0 aliphatic heterocycles. The molecule has 22 heavy (non-hydrogen) atoms. The molecule has 0 N–H and O–H groups in total. The third-order valence-corrected chi connectivity index (χ3v) is 3.92. The molecule has 0 amide bonds. The first-order chi connectivity index (χ1) is 10.8. The van der Waals surface area contributed by atoms with E-state index in [9.17, 15) is 0 Å². The van der Waals surface area contributed by atoms with E-state index in [2.05, 4.69) is 29.4 Å². The predicted octanol–water partition coefficient (Wildman–Crippen LogP) is 4.35. The van der Waals surface area contributed by atoms with Crippen LogP contribution in [0.2, 0.25) is 0 Å². The lowest BCUT2D eigenvalue weighted by Gasteiger charge is -2.09. The zero-order valence-corrected chi connectivity index (χ0v) is 13.1. The zero-order chi connectivity index (χ0) is 15.4. The minimum Gasteiger partial charge on any atom is -0.497 e. The van der Waals surface area contributed by atoms with Crippen molar-refractivity contribution in [3.63, 3.8) is 0 Å². The third-order valence-electron chi connectivity index (χ3n) is 3.61. The van der Waals surface area contributed by atoms with Crippen molar-refractivity contribution >= 4 is 11.6 Å². The van der Waals surface area contributed by atoms with Gasteiger partial charge in [0.2, 0.25) is 0 Å². The molecule has 0 spiro atoms. The van der Waals surface area contributed by atoms with Gasteiger partial charge < -0.3 is 4.74 Å². The van der Waals surface area contributed by atoms with Crippen LogP contribution < -0.4 is 4.74 Å². The minimum absolute atomic E-state index is 0.533. The summed E-state index contributed by atoms with van der Waals surface area (Å²) in [6.07, 6.45) is 1.83. The van der Waals surface area contributed by atoms with Crippen LogP contribution in [0.5, 0.6) is 5.75 Å². The number of ether oxygens (including phenoxy) is 1. The number of nitrogens with zero attached hydrogens (tertiary/aromatic N) is 2. The number of aromatic nitrogens is 2. The van der Waals surface area contributed by atoms with Crippen molar-refractivity contribution in [3.8, 4) is 17.0 Å². The summed E-state index contributed by atoms with van der Waals surface area (Å²) in [5, 5.41) is 4.43. The van der Waals surface area contributed by atoms with Gasteiger partial charge in [0.05, 0.1) is 19.3 Å². The molecule has 3 rings (SSSR count). The predicted molar refractivity (Wildman–Crippen MR) is 89.3 cm³/mol. The molecule has 0 aliphatic carbocycles. The lowest BCUT2D eigenvalue weighted by atomic mass is 10.1. The quantitative estimate of drug-likeness (QED) is 0.655. The Hall–Kier alpha value is -2.26. The van der Waals surface area contributed by atoms with Crippen LogP contribution in [0.3, 0.4) is 0 Å². The Morgan fingerprint density at radius 2 is 1.64 bits per heavy atom. The summed E-state index contributed by atoms with van der Waals surface area (Å²) in [7, 11) is 1.67. The van der Waals surface area contributed by atoms with E-state index >= 15 is 0 Å². The van der Waals surface area contributed by atoms with Crippen molar-refractivity contribution in [2.75, 3.05) is 7.11 Å². The summed E-state index contributed by atoms with van der Waals surface area (Å²) in [6.45, 7) is 0.726. The second kappa shape index (κ2) is 6.67. The fourth-order valence-electron chi connectivity index (χ4n) is 2.37. The van der Waals surface area contributed by atoms with Crippen molar-refractivity contribution in [1.29, 1.82) is 0 Å². The van der Waals surface area contributed by atoms with Crippen LogP contribution in [-0.2, 0) is 12.4 Å².